The molecule has 0 saturated carbocycles. The Balaban J connectivity index is 1.39. The lowest BCUT2D eigenvalue weighted by Gasteiger charge is -2.27. The minimum atomic E-state index is -0.0253. The third kappa shape index (κ3) is 4.93. The number of amides is 1. The normalized spacial score (nSPS) is 19.8. The number of benzene rings is 1. The quantitative estimate of drug-likeness (QED) is 0.479. The van der Waals surface area contributed by atoms with Crippen molar-refractivity contribution >= 4 is 17.5 Å². The highest BCUT2D eigenvalue weighted by Crippen LogP contribution is 2.25. The molecule has 0 radical (unpaired) electrons. The topological polar surface area (TPSA) is 58.8 Å². The molecule has 1 amide bonds. The number of rotatable bonds is 8. The lowest BCUT2D eigenvalue weighted by atomic mass is 10.2. The smallest absolute Gasteiger partial charge is 0.276 e. The highest BCUT2D eigenvalue weighted by atomic mass is 35.5. The Bertz CT molecular complexity index is 802. The molecule has 0 unspecified atom stereocenters. The predicted molar refractivity (Wildman–Crippen MR) is 113 cm³/mol. The Kier molecular flexibility index (Phi) is 6.72. The van der Waals surface area contributed by atoms with Crippen molar-refractivity contribution in [2.75, 3.05) is 38.7 Å². The number of hydrogen-bond donors (Lipinski definition) is 0. The zero-order chi connectivity index (χ0) is 20.1. The first kappa shape index (κ1) is 20.2. The van der Waals surface area contributed by atoms with E-state index in [1.54, 1.807) is 0 Å². The second kappa shape index (κ2) is 9.63. The Labute approximate surface area is 176 Å². The van der Waals surface area contributed by atoms with E-state index < -0.39 is 0 Å². The van der Waals surface area contributed by atoms with E-state index in [9.17, 15) is 4.79 Å². The third-order valence-corrected chi connectivity index (χ3v) is 5.94. The molecule has 4 rings (SSSR count). The zero-order valence-electron chi connectivity index (χ0n) is 16.7. The lowest BCUT2D eigenvalue weighted by Crippen LogP contribution is -2.42. The number of oxazole rings is 1. The monoisotopic (exact) mass is 417 g/mol. The molecule has 2 aromatic rings. The Hall–Kier alpha value is -2.05. The van der Waals surface area contributed by atoms with Crippen LogP contribution in [0.4, 0.5) is 0 Å². The average molecular weight is 418 g/mol. The first-order valence-corrected chi connectivity index (χ1v) is 11.1. The van der Waals surface area contributed by atoms with E-state index in [-0.39, 0.29) is 11.9 Å². The Morgan fingerprint density at radius 3 is 2.72 bits per heavy atom. The third-order valence-electron chi connectivity index (χ3n) is 5.68. The van der Waals surface area contributed by atoms with E-state index in [4.69, 9.17) is 20.8 Å². The van der Waals surface area contributed by atoms with E-state index in [1.165, 1.54) is 19.1 Å². The summed E-state index contributed by atoms with van der Waals surface area (Å²) in [5, 5.41) is 0. The van der Waals surface area contributed by atoms with Crippen LogP contribution in [0.25, 0.3) is 11.5 Å². The van der Waals surface area contributed by atoms with Crippen molar-refractivity contribution in [1.29, 1.82) is 0 Å². The maximum absolute atomic E-state index is 13.0. The number of carbonyl (C=O) groups excluding carboxylic acids is 1. The van der Waals surface area contributed by atoms with Gasteiger partial charge in [0.25, 0.3) is 5.91 Å². The number of alkyl halides is 1. The highest BCUT2D eigenvalue weighted by molar-refractivity contribution is 6.17. The van der Waals surface area contributed by atoms with Crippen LogP contribution in [0.15, 0.2) is 34.9 Å². The molecule has 1 atom stereocenters. The summed E-state index contributed by atoms with van der Waals surface area (Å²) in [6, 6.07) is 7.82. The molecule has 2 fully saturated rings. The number of nitrogens with zero attached hydrogens (tertiary/aromatic N) is 3. The van der Waals surface area contributed by atoms with E-state index >= 15 is 0 Å². The number of halogens is 1. The van der Waals surface area contributed by atoms with Crippen molar-refractivity contribution in [3.05, 3.63) is 36.2 Å². The molecule has 1 aromatic heterocycles. The fraction of sp³-hybridized carbons (Fsp3) is 0.545. The molecule has 0 aliphatic carbocycles. The van der Waals surface area contributed by atoms with Crippen molar-refractivity contribution in [1.82, 2.24) is 14.8 Å². The maximum atomic E-state index is 13.0. The van der Waals surface area contributed by atoms with Gasteiger partial charge in [-0.15, -0.1) is 11.6 Å². The summed E-state index contributed by atoms with van der Waals surface area (Å²) in [6.45, 7) is 4.67. The molecule has 2 saturated heterocycles. The van der Waals surface area contributed by atoms with Crippen LogP contribution in [0.2, 0.25) is 0 Å². The van der Waals surface area contributed by atoms with Gasteiger partial charge in [-0.05, 0) is 69.5 Å². The lowest BCUT2D eigenvalue weighted by molar-refractivity contribution is 0.0703. The Morgan fingerprint density at radius 1 is 1.17 bits per heavy atom. The van der Waals surface area contributed by atoms with Gasteiger partial charge in [0.05, 0.1) is 6.61 Å². The molecular formula is C22H28ClN3O3. The van der Waals surface area contributed by atoms with Crippen molar-refractivity contribution < 1.29 is 13.9 Å². The molecular weight excluding hydrogens is 390 g/mol. The van der Waals surface area contributed by atoms with Gasteiger partial charge in [0.15, 0.2) is 5.69 Å². The number of aromatic nitrogens is 1. The van der Waals surface area contributed by atoms with Gasteiger partial charge < -0.3 is 19.0 Å². The molecule has 0 bridgehead atoms. The van der Waals surface area contributed by atoms with Crippen LogP contribution in [0.1, 0.15) is 42.6 Å². The molecule has 29 heavy (non-hydrogen) atoms. The molecule has 7 heteroatoms. The van der Waals surface area contributed by atoms with Crippen molar-refractivity contribution in [2.24, 2.45) is 0 Å². The average Bonchev–Trinajstić information content (AvgIpc) is 3.51. The zero-order valence-corrected chi connectivity index (χ0v) is 17.4. The summed E-state index contributed by atoms with van der Waals surface area (Å²) in [5.74, 6) is 1.79. The molecule has 1 aromatic carbocycles. The fourth-order valence-corrected chi connectivity index (χ4v) is 4.26. The van der Waals surface area contributed by atoms with Gasteiger partial charge >= 0.3 is 0 Å². The summed E-state index contributed by atoms with van der Waals surface area (Å²) in [5.41, 5.74) is 1.21. The number of ether oxygens (including phenoxy) is 1. The van der Waals surface area contributed by atoms with Crippen LogP contribution in [0.3, 0.4) is 0 Å². The molecule has 0 N–H and O–H groups in total. The molecule has 6 nitrogen and oxygen atoms in total. The van der Waals surface area contributed by atoms with Crippen LogP contribution in [0, 0.1) is 0 Å². The number of likely N-dealkylation sites (tertiary alicyclic amines) is 2. The molecule has 156 valence electrons. The number of hydrogen-bond acceptors (Lipinski definition) is 5. The molecule has 0 spiro atoms. The van der Waals surface area contributed by atoms with Crippen molar-refractivity contribution in [3.8, 4) is 17.2 Å². The van der Waals surface area contributed by atoms with E-state index in [1.807, 2.05) is 29.2 Å². The summed E-state index contributed by atoms with van der Waals surface area (Å²) in [7, 11) is 0. The van der Waals surface area contributed by atoms with Crippen LogP contribution >= 0.6 is 11.6 Å². The summed E-state index contributed by atoms with van der Waals surface area (Å²) in [6.07, 6.45) is 6.95. The minimum absolute atomic E-state index is 0.0253. The van der Waals surface area contributed by atoms with Gasteiger partial charge in [-0.2, -0.15) is 0 Å². The first-order valence-electron chi connectivity index (χ1n) is 10.5. The summed E-state index contributed by atoms with van der Waals surface area (Å²) in [4.78, 5) is 22.0. The predicted octanol–water partition coefficient (Wildman–Crippen LogP) is 4.05. The highest BCUT2D eigenvalue weighted by Gasteiger charge is 2.32. The SMILES string of the molecule is O=C(c1coc(-c2ccc(OCCCCl)cc2)n1)N1CCC[C@H]1CN1CCCC1. The van der Waals surface area contributed by atoms with Crippen molar-refractivity contribution in [3.63, 3.8) is 0 Å². The van der Waals surface area contributed by atoms with Gasteiger partial charge in [0.1, 0.15) is 12.0 Å². The van der Waals surface area contributed by atoms with Gasteiger partial charge in [-0.3, -0.25) is 4.79 Å². The molecule has 2 aliphatic rings. The van der Waals surface area contributed by atoms with E-state index in [0.717, 1.165) is 56.8 Å². The van der Waals surface area contributed by atoms with E-state index in [0.29, 0.717) is 24.1 Å². The first-order chi connectivity index (χ1) is 14.2. The van der Waals surface area contributed by atoms with Gasteiger partial charge in [0, 0.05) is 30.6 Å². The summed E-state index contributed by atoms with van der Waals surface area (Å²) < 4.78 is 11.2. The maximum Gasteiger partial charge on any atom is 0.276 e. The molecule has 2 aliphatic heterocycles. The van der Waals surface area contributed by atoms with Gasteiger partial charge in [-0.25, -0.2) is 4.98 Å². The van der Waals surface area contributed by atoms with Crippen LogP contribution < -0.4 is 4.74 Å². The Morgan fingerprint density at radius 2 is 1.97 bits per heavy atom. The van der Waals surface area contributed by atoms with E-state index in [2.05, 4.69) is 9.88 Å². The van der Waals surface area contributed by atoms with Gasteiger partial charge in [0.2, 0.25) is 5.89 Å². The van der Waals surface area contributed by atoms with Gasteiger partial charge in [-0.1, -0.05) is 0 Å². The number of carbonyl (C=O) groups is 1. The second-order valence-electron chi connectivity index (χ2n) is 7.76. The van der Waals surface area contributed by atoms with Crippen molar-refractivity contribution in [2.45, 2.75) is 38.1 Å². The van der Waals surface area contributed by atoms with Crippen LogP contribution in [-0.4, -0.2) is 65.4 Å². The standard InChI is InChI=1S/C22H28ClN3O3/c23-10-4-14-28-19-8-6-17(7-9-19)21-24-20(16-29-21)22(27)26-13-3-5-18(26)15-25-11-1-2-12-25/h6-9,16,18H,1-5,10-15H2/t18-/m0/s1. The summed E-state index contributed by atoms with van der Waals surface area (Å²) >= 11 is 5.67. The largest absolute Gasteiger partial charge is 0.494 e. The van der Waals surface area contributed by atoms with Crippen LogP contribution in [-0.2, 0) is 0 Å². The second-order valence-corrected chi connectivity index (χ2v) is 8.13. The fourth-order valence-electron chi connectivity index (χ4n) is 4.15. The minimum Gasteiger partial charge on any atom is -0.494 e. The van der Waals surface area contributed by atoms with Crippen LogP contribution in [0.5, 0.6) is 5.75 Å². The molecule has 3 heterocycles.